The van der Waals surface area contributed by atoms with E-state index in [1.165, 1.54) is 0 Å². The number of halogens is 1. The minimum Gasteiger partial charge on any atom is -0.350 e. The van der Waals surface area contributed by atoms with Gasteiger partial charge in [-0.1, -0.05) is 23.7 Å². The highest BCUT2D eigenvalue weighted by Gasteiger charge is 2.27. The lowest BCUT2D eigenvalue weighted by Gasteiger charge is -2.40. The van der Waals surface area contributed by atoms with Gasteiger partial charge in [-0.2, -0.15) is 0 Å². The quantitative estimate of drug-likeness (QED) is 0.681. The monoisotopic (exact) mass is 383 g/mol. The summed E-state index contributed by atoms with van der Waals surface area (Å²) < 4.78 is 2.05. The van der Waals surface area contributed by atoms with Crippen LogP contribution in [0.15, 0.2) is 36.5 Å². The van der Waals surface area contributed by atoms with E-state index in [1.807, 2.05) is 42.3 Å². The number of pyridine rings is 1. The number of aryl methyl sites for hydroxylation is 1. The van der Waals surface area contributed by atoms with E-state index < -0.39 is 0 Å². The fourth-order valence-electron chi connectivity index (χ4n) is 3.73. The number of imidazole rings is 1. The third-order valence-corrected chi connectivity index (χ3v) is 5.54. The van der Waals surface area contributed by atoms with Gasteiger partial charge in [0.15, 0.2) is 0 Å². The van der Waals surface area contributed by atoms with Gasteiger partial charge in [-0.25, -0.2) is 9.97 Å². The third-order valence-electron chi connectivity index (χ3n) is 5.24. The number of fused-ring (bicyclic) bond motifs is 1. The molecule has 1 atom stereocenters. The molecule has 140 valence electrons. The molecule has 1 aliphatic heterocycles. The second kappa shape index (κ2) is 6.85. The van der Waals surface area contributed by atoms with Crippen molar-refractivity contribution >= 4 is 34.4 Å². The molecule has 0 spiro atoms. The lowest BCUT2D eigenvalue weighted by Crippen LogP contribution is -2.53. The Morgan fingerprint density at radius 1 is 1.26 bits per heavy atom. The molecule has 0 bridgehead atoms. The van der Waals surface area contributed by atoms with E-state index in [-0.39, 0.29) is 11.9 Å². The Kier molecular flexibility index (Phi) is 4.52. The Hall–Kier alpha value is -2.60. The highest BCUT2D eigenvalue weighted by molar-refractivity contribution is 6.33. The molecular formula is C20H22ClN5O. The number of benzene rings is 1. The number of nitrogens with zero attached hydrogens (tertiary/aromatic N) is 5. The minimum absolute atomic E-state index is 0.117. The molecule has 1 saturated heterocycles. The first-order chi connectivity index (χ1) is 13.0. The van der Waals surface area contributed by atoms with Gasteiger partial charge in [0.05, 0.1) is 16.1 Å². The summed E-state index contributed by atoms with van der Waals surface area (Å²) in [5.41, 5.74) is 2.86. The van der Waals surface area contributed by atoms with Crippen LogP contribution in [0.5, 0.6) is 0 Å². The summed E-state index contributed by atoms with van der Waals surface area (Å²) >= 11 is 6.48. The number of amides is 1. The van der Waals surface area contributed by atoms with E-state index in [4.69, 9.17) is 16.6 Å². The maximum atomic E-state index is 11.7. The summed E-state index contributed by atoms with van der Waals surface area (Å²) in [4.78, 5) is 25.1. The van der Waals surface area contributed by atoms with Crippen molar-refractivity contribution in [1.82, 2.24) is 19.4 Å². The summed E-state index contributed by atoms with van der Waals surface area (Å²) in [6, 6.07) is 10.2. The Morgan fingerprint density at radius 2 is 2.04 bits per heavy atom. The maximum absolute atomic E-state index is 11.7. The van der Waals surface area contributed by atoms with Crippen LogP contribution in [-0.2, 0) is 11.8 Å². The number of rotatable bonds is 2. The summed E-state index contributed by atoms with van der Waals surface area (Å²) in [5, 5.41) is 0.576. The molecule has 0 radical (unpaired) electrons. The van der Waals surface area contributed by atoms with Gasteiger partial charge in [0.25, 0.3) is 0 Å². The first-order valence-corrected chi connectivity index (χ1v) is 9.43. The molecule has 27 heavy (non-hydrogen) atoms. The van der Waals surface area contributed by atoms with Crippen LogP contribution in [-0.4, -0.2) is 51.0 Å². The third kappa shape index (κ3) is 3.14. The normalized spacial score (nSPS) is 17.6. The average molecular weight is 384 g/mol. The second-order valence-electron chi connectivity index (χ2n) is 7.01. The predicted molar refractivity (Wildman–Crippen MR) is 108 cm³/mol. The summed E-state index contributed by atoms with van der Waals surface area (Å²) in [5.74, 6) is 1.79. The van der Waals surface area contributed by atoms with Crippen LogP contribution in [0, 0.1) is 0 Å². The van der Waals surface area contributed by atoms with Gasteiger partial charge < -0.3 is 14.4 Å². The van der Waals surface area contributed by atoms with Crippen molar-refractivity contribution in [2.24, 2.45) is 7.05 Å². The smallest absolute Gasteiger partial charge is 0.219 e. The fraction of sp³-hybridized carbons (Fsp3) is 0.350. The number of aromatic nitrogens is 3. The number of carbonyl (C=O) groups excluding carboxylic acids is 1. The largest absolute Gasteiger partial charge is 0.350 e. The van der Waals surface area contributed by atoms with Gasteiger partial charge in [0, 0.05) is 51.4 Å². The Labute approximate surface area is 163 Å². The van der Waals surface area contributed by atoms with Crippen LogP contribution in [0.25, 0.3) is 22.4 Å². The summed E-state index contributed by atoms with van der Waals surface area (Å²) in [7, 11) is 2.00. The molecule has 1 aromatic carbocycles. The topological polar surface area (TPSA) is 54.3 Å². The van der Waals surface area contributed by atoms with E-state index >= 15 is 0 Å². The molecule has 0 saturated carbocycles. The zero-order chi connectivity index (χ0) is 19.1. The standard InChI is InChI=1S/C20H22ClN5O/c1-13-12-25(14(2)27)8-9-26(13)19-10-15(16(21)11-22-19)20-23-17-6-4-5-7-18(17)24(20)3/h4-7,10-11,13H,8-9,12H2,1-3H3. The Morgan fingerprint density at radius 3 is 2.74 bits per heavy atom. The molecule has 1 fully saturated rings. The molecule has 1 aliphatic rings. The van der Waals surface area contributed by atoms with Crippen LogP contribution < -0.4 is 4.90 Å². The predicted octanol–water partition coefficient (Wildman–Crippen LogP) is 3.35. The van der Waals surface area contributed by atoms with Crippen molar-refractivity contribution in [3.8, 4) is 11.4 Å². The van der Waals surface area contributed by atoms with Gasteiger partial charge in [-0.05, 0) is 25.1 Å². The lowest BCUT2D eigenvalue weighted by atomic mass is 10.1. The summed E-state index contributed by atoms with van der Waals surface area (Å²) in [6.07, 6.45) is 1.69. The molecule has 0 N–H and O–H groups in total. The number of para-hydroxylation sites is 2. The molecule has 3 aromatic rings. The maximum Gasteiger partial charge on any atom is 0.219 e. The van der Waals surface area contributed by atoms with Gasteiger partial charge >= 0.3 is 0 Å². The number of piperazine rings is 1. The van der Waals surface area contributed by atoms with E-state index in [1.54, 1.807) is 13.1 Å². The molecule has 1 amide bonds. The van der Waals surface area contributed by atoms with Crippen molar-refractivity contribution in [3.63, 3.8) is 0 Å². The second-order valence-corrected chi connectivity index (χ2v) is 7.42. The highest BCUT2D eigenvalue weighted by Crippen LogP contribution is 2.32. The fourth-order valence-corrected chi connectivity index (χ4v) is 3.91. The molecule has 3 heterocycles. The van der Waals surface area contributed by atoms with E-state index in [0.29, 0.717) is 18.1 Å². The van der Waals surface area contributed by atoms with Crippen molar-refractivity contribution in [3.05, 3.63) is 41.6 Å². The first kappa shape index (κ1) is 17.8. The van der Waals surface area contributed by atoms with E-state index in [2.05, 4.69) is 21.4 Å². The average Bonchev–Trinajstić information content (AvgIpc) is 2.99. The highest BCUT2D eigenvalue weighted by atomic mass is 35.5. The van der Waals surface area contributed by atoms with Crippen LogP contribution in [0.1, 0.15) is 13.8 Å². The van der Waals surface area contributed by atoms with Crippen molar-refractivity contribution in [2.45, 2.75) is 19.9 Å². The zero-order valence-corrected chi connectivity index (χ0v) is 16.4. The van der Waals surface area contributed by atoms with Gasteiger partial charge in [-0.15, -0.1) is 0 Å². The van der Waals surface area contributed by atoms with Crippen molar-refractivity contribution in [1.29, 1.82) is 0 Å². The molecular weight excluding hydrogens is 362 g/mol. The number of anilines is 1. The molecule has 4 rings (SSSR count). The molecule has 7 heteroatoms. The van der Waals surface area contributed by atoms with E-state index in [0.717, 1.165) is 34.8 Å². The Balaban J connectivity index is 1.72. The molecule has 2 aromatic heterocycles. The SMILES string of the molecule is CC(=O)N1CCN(c2cc(-c3nc4ccccc4n3C)c(Cl)cn2)C(C)C1. The van der Waals surface area contributed by atoms with Crippen LogP contribution >= 0.6 is 11.6 Å². The summed E-state index contributed by atoms with van der Waals surface area (Å²) in [6.45, 7) is 5.87. The van der Waals surface area contributed by atoms with E-state index in [9.17, 15) is 4.79 Å². The van der Waals surface area contributed by atoms with Crippen LogP contribution in [0.4, 0.5) is 5.82 Å². The molecule has 0 aliphatic carbocycles. The van der Waals surface area contributed by atoms with Crippen LogP contribution in [0.2, 0.25) is 5.02 Å². The van der Waals surface area contributed by atoms with Crippen molar-refractivity contribution < 1.29 is 4.79 Å². The molecule has 1 unspecified atom stereocenters. The lowest BCUT2D eigenvalue weighted by molar-refractivity contribution is -0.129. The van der Waals surface area contributed by atoms with Gasteiger partial charge in [0.2, 0.25) is 5.91 Å². The van der Waals surface area contributed by atoms with Gasteiger partial charge in [-0.3, -0.25) is 4.79 Å². The van der Waals surface area contributed by atoms with Crippen LogP contribution in [0.3, 0.4) is 0 Å². The Bertz CT molecular complexity index is 1010. The number of hydrogen-bond acceptors (Lipinski definition) is 4. The number of carbonyl (C=O) groups is 1. The van der Waals surface area contributed by atoms with Gasteiger partial charge in [0.1, 0.15) is 11.6 Å². The minimum atomic E-state index is 0.117. The molecule has 6 nitrogen and oxygen atoms in total. The first-order valence-electron chi connectivity index (χ1n) is 9.05. The number of hydrogen-bond donors (Lipinski definition) is 0. The van der Waals surface area contributed by atoms with Crippen molar-refractivity contribution in [2.75, 3.05) is 24.5 Å². The zero-order valence-electron chi connectivity index (χ0n) is 15.7.